The van der Waals surface area contributed by atoms with Crippen LogP contribution in [0.1, 0.15) is 55.3 Å². The van der Waals surface area contributed by atoms with Crippen LogP contribution in [-0.4, -0.2) is 4.98 Å². The fourth-order valence-corrected chi connectivity index (χ4v) is 2.39. The highest BCUT2D eigenvalue weighted by atomic mass is 16.4. The maximum absolute atomic E-state index is 5.59. The van der Waals surface area contributed by atoms with Crippen LogP contribution in [0.5, 0.6) is 0 Å². The summed E-state index contributed by atoms with van der Waals surface area (Å²) in [5, 5.41) is 3.46. The van der Waals surface area contributed by atoms with E-state index in [1.54, 1.807) is 0 Å². The molecule has 0 aliphatic rings. The van der Waals surface area contributed by atoms with Gasteiger partial charge in [-0.15, -0.1) is 0 Å². The highest BCUT2D eigenvalue weighted by Gasteiger charge is 2.09. The zero-order valence-corrected chi connectivity index (χ0v) is 13.7. The molecule has 3 nitrogen and oxygen atoms in total. The van der Waals surface area contributed by atoms with Crippen LogP contribution in [-0.2, 0) is 13.0 Å². The first-order valence-corrected chi connectivity index (χ1v) is 7.71. The van der Waals surface area contributed by atoms with Crippen LogP contribution < -0.4 is 5.32 Å². The lowest BCUT2D eigenvalue weighted by Crippen LogP contribution is -2.18. The van der Waals surface area contributed by atoms with Crippen molar-refractivity contribution >= 4 is 0 Å². The molecule has 1 unspecified atom stereocenters. The highest BCUT2D eigenvalue weighted by Crippen LogP contribution is 2.16. The molecule has 0 aliphatic carbocycles. The molecule has 0 bridgehead atoms. The van der Waals surface area contributed by atoms with E-state index in [1.807, 2.05) is 13.8 Å². The summed E-state index contributed by atoms with van der Waals surface area (Å²) in [6.07, 6.45) is 1.14. The number of nitrogens with zero attached hydrogens (tertiary/aromatic N) is 1. The summed E-state index contributed by atoms with van der Waals surface area (Å²) >= 11 is 0. The van der Waals surface area contributed by atoms with Gasteiger partial charge in [-0.2, -0.15) is 0 Å². The second-order valence-corrected chi connectivity index (χ2v) is 6.19. The minimum absolute atomic E-state index is 0.283. The van der Waals surface area contributed by atoms with E-state index in [-0.39, 0.29) is 6.04 Å². The van der Waals surface area contributed by atoms with Gasteiger partial charge in [-0.3, -0.25) is 0 Å². The zero-order valence-electron chi connectivity index (χ0n) is 13.7. The quantitative estimate of drug-likeness (QED) is 0.858. The van der Waals surface area contributed by atoms with Gasteiger partial charge in [0, 0.05) is 6.04 Å². The van der Waals surface area contributed by atoms with Gasteiger partial charge >= 0.3 is 0 Å². The van der Waals surface area contributed by atoms with Gasteiger partial charge < -0.3 is 9.73 Å². The van der Waals surface area contributed by atoms with Gasteiger partial charge in [0.25, 0.3) is 0 Å². The van der Waals surface area contributed by atoms with E-state index < -0.39 is 0 Å². The molecular weight excluding hydrogens is 260 g/mol. The summed E-state index contributed by atoms with van der Waals surface area (Å²) in [6, 6.07) is 9.16. The van der Waals surface area contributed by atoms with E-state index in [1.165, 1.54) is 11.1 Å². The Bertz CT molecular complexity index is 550. The molecule has 1 aromatic heterocycles. The van der Waals surface area contributed by atoms with Crippen molar-refractivity contribution in [1.29, 1.82) is 0 Å². The number of benzene rings is 1. The number of nitrogens with one attached hydrogen (secondary N) is 1. The maximum atomic E-state index is 5.59. The summed E-state index contributed by atoms with van der Waals surface area (Å²) in [4.78, 5) is 4.39. The van der Waals surface area contributed by atoms with E-state index in [2.05, 4.69) is 55.3 Å². The largest absolute Gasteiger partial charge is 0.444 e. The van der Waals surface area contributed by atoms with Crippen molar-refractivity contribution in [2.45, 2.75) is 53.6 Å². The Morgan fingerprint density at radius 2 is 1.76 bits per heavy atom. The molecule has 2 rings (SSSR count). The molecule has 0 spiro atoms. The van der Waals surface area contributed by atoms with Crippen molar-refractivity contribution in [3.05, 3.63) is 52.7 Å². The van der Waals surface area contributed by atoms with Crippen molar-refractivity contribution < 1.29 is 4.42 Å². The van der Waals surface area contributed by atoms with Crippen molar-refractivity contribution in [1.82, 2.24) is 10.3 Å². The predicted octanol–water partition coefficient (Wildman–Crippen LogP) is 4.34. The molecule has 21 heavy (non-hydrogen) atoms. The van der Waals surface area contributed by atoms with Crippen LogP contribution in [0.15, 0.2) is 28.7 Å². The molecule has 0 fully saturated rings. The van der Waals surface area contributed by atoms with E-state index >= 15 is 0 Å². The predicted molar refractivity (Wildman–Crippen MR) is 86.2 cm³/mol. The van der Waals surface area contributed by atoms with Gasteiger partial charge in [-0.25, -0.2) is 4.98 Å². The Morgan fingerprint density at radius 1 is 1.10 bits per heavy atom. The van der Waals surface area contributed by atoms with Crippen LogP contribution in [0.4, 0.5) is 0 Å². The normalized spacial score (nSPS) is 12.9. The summed E-state index contributed by atoms with van der Waals surface area (Å²) in [5.41, 5.74) is 3.67. The van der Waals surface area contributed by atoms with Crippen LogP contribution in [0, 0.1) is 19.8 Å². The van der Waals surface area contributed by atoms with Crippen molar-refractivity contribution in [3.8, 4) is 0 Å². The molecule has 1 aromatic carbocycles. The smallest absolute Gasteiger partial charge is 0.208 e. The zero-order chi connectivity index (χ0) is 15.4. The molecule has 2 aromatic rings. The fraction of sp³-hybridized carbons (Fsp3) is 0.500. The Kier molecular flexibility index (Phi) is 5.18. The molecular formula is C18H26N2O. The summed E-state index contributed by atoms with van der Waals surface area (Å²) < 4.78 is 5.59. The van der Waals surface area contributed by atoms with Crippen molar-refractivity contribution in [3.63, 3.8) is 0 Å². The van der Waals surface area contributed by atoms with Crippen molar-refractivity contribution in [2.24, 2.45) is 5.92 Å². The van der Waals surface area contributed by atoms with Gasteiger partial charge in [-0.1, -0.05) is 38.1 Å². The molecule has 0 radical (unpaired) electrons. The molecule has 1 heterocycles. The minimum Gasteiger partial charge on any atom is -0.444 e. The average molecular weight is 286 g/mol. The van der Waals surface area contributed by atoms with Crippen LogP contribution in [0.3, 0.4) is 0 Å². The second kappa shape index (κ2) is 6.90. The Morgan fingerprint density at radius 3 is 2.29 bits per heavy atom. The number of aromatic nitrogens is 1. The second-order valence-electron chi connectivity index (χ2n) is 6.19. The summed E-state index contributed by atoms with van der Waals surface area (Å²) in [7, 11) is 0. The van der Waals surface area contributed by atoms with Crippen LogP contribution in [0.2, 0.25) is 0 Å². The third kappa shape index (κ3) is 4.43. The Balaban J connectivity index is 1.92. The van der Waals surface area contributed by atoms with Crippen molar-refractivity contribution in [2.75, 3.05) is 0 Å². The molecule has 1 N–H and O–H groups in total. The lowest BCUT2D eigenvalue weighted by atomic mass is 10.00. The third-order valence-corrected chi connectivity index (χ3v) is 3.76. The average Bonchev–Trinajstić information content (AvgIpc) is 2.75. The molecule has 114 valence electrons. The van der Waals surface area contributed by atoms with Gasteiger partial charge in [-0.05, 0) is 44.2 Å². The molecule has 0 aliphatic heterocycles. The third-order valence-electron chi connectivity index (χ3n) is 3.76. The molecule has 0 saturated carbocycles. The number of rotatable bonds is 6. The van der Waals surface area contributed by atoms with Crippen LogP contribution in [0.25, 0.3) is 0 Å². The number of oxazole rings is 1. The summed E-state index contributed by atoms with van der Waals surface area (Å²) in [6.45, 7) is 11.2. The van der Waals surface area contributed by atoms with Gasteiger partial charge in [0.2, 0.25) is 5.89 Å². The highest BCUT2D eigenvalue weighted by molar-refractivity contribution is 5.25. The molecule has 0 saturated heterocycles. The maximum Gasteiger partial charge on any atom is 0.208 e. The Hall–Kier alpha value is -1.61. The van der Waals surface area contributed by atoms with E-state index in [4.69, 9.17) is 4.42 Å². The van der Waals surface area contributed by atoms with Gasteiger partial charge in [0.1, 0.15) is 5.76 Å². The van der Waals surface area contributed by atoms with E-state index in [0.717, 1.165) is 23.8 Å². The van der Waals surface area contributed by atoms with Crippen LogP contribution >= 0.6 is 0 Å². The lowest BCUT2D eigenvalue weighted by Gasteiger charge is -2.14. The first-order chi connectivity index (χ1) is 9.95. The SMILES string of the molecule is Cc1nc(CNC(C)c2ccc(CC(C)C)cc2)oc1C. The molecule has 3 heteroatoms. The first-order valence-electron chi connectivity index (χ1n) is 7.71. The van der Waals surface area contributed by atoms with Gasteiger partial charge in [0.05, 0.1) is 12.2 Å². The standard InChI is InChI=1S/C18H26N2O/c1-12(2)10-16-6-8-17(9-7-16)14(4)19-11-18-20-13(3)15(5)21-18/h6-9,12,14,19H,10-11H2,1-5H3. The first kappa shape index (κ1) is 15.8. The van der Waals surface area contributed by atoms with E-state index in [9.17, 15) is 0 Å². The number of aryl methyl sites for hydroxylation is 2. The topological polar surface area (TPSA) is 38.1 Å². The Labute approximate surface area is 127 Å². The number of hydrogen-bond donors (Lipinski definition) is 1. The van der Waals surface area contributed by atoms with Gasteiger partial charge in [0.15, 0.2) is 0 Å². The fourth-order valence-electron chi connectivity index (χ4n) is 2.39. The van der Waals surface area contributed by atoms with E-state index in [0.29, 0.717) is 12.5 Å². The lowest BCUT2D eigenvalue weighted by molar-refractivity contribution is 0.432. The summed E-state index contributed by atoms with van der Waals surface area (Å²) in [5.74, 6) is 2.36. The number of hydrogen-bond acceptors (Lipinski definition) is 3. The minimum atomic E-state index is 0.283. The molecule has 0 amide bonds. The monoisotopic (exact) mass is 286 g/mol. The molecule has 1 atom stereocenters.